The Morgan fingerprint density at radius 3 is 2.46 bits per heavy atom. The lowest BCUT2D eigenvalue weighted by atomic mass is 9.75. The summed E-state index contributed by atoms with van der Waals surface area (Å²) in [7, 11) is 0. The molecule has 2 aliphatic carbocycles. The summed E-state index contributed by atoms with van der Waals surface area (Å²) in [5, 5.41) is 0. The molecule has 0 spiro atoms. The van der Waals surface area contributed by atoms with Gasteiger partial charge in [0.25, 0.3) is 0 Å². The van der Waals surface area contributed by atoms with E-state index in [1.54, 1.807) is 5.57 Å². The predicted molar refractivity (Wildman–Crippen MR) is 57.6 cm³/mol. The molecule has 2 aliphatic rings. The number of hydrogen-bond acceptors (Lipinski definition) is 0. The summed E-state index contributed by atoms with van der Waals surface area (Å²) < 4.78 is 0. The van der Waals surface area contributed by atoms with Gasteiger partial charge in [0.15, 0.2) is 0 Å². The largest absolute Gasteiger partial charge is 0.0958 e. The Hall–Kier alpha value is -0.520. The van der Waals surface area contributed by atoms with Gasteiger partial charge in [-0.2, -0.15) is 0 Å². The molecule has 0 nitrogen and oxygen atoms in total. The molecule has 0 aromatic rings. The van der Waals surface area contributed by atoms with Gasteiger partial charge in [-0.1, -0.05) is 36.6 Å². The number of rotatable bonds is 0. The second-order valence-electron chi connectivity index (χ2n) is 4.86. The third-order valence-corrected chi connectivity index (χ3v) is 3.63. The minimum atomic E-state index is 0.954. The van der Waals surface area contributed by atoms with Crippen molar-refractivity contribution >= 4 is 0 Å². The van der Waals surface area contributed by atoms with E-state index >= 15 is 0 Å². The van der Waals surface area contributed by atoms with E-state index < -0.39 is 0 Å². The van der Waals surface area contributed by atoms with Gasteiger partial charge in [0.05, 0.1) is 0 Å². The molecule has 72 valence electrons. The lowest BCUT2D eigenvalue weighted by Crippen LogP contribution is -2.18. The van der Waals surface area contributed by atoms with Crippen LogP contribution in [-0.2, 0) is 0 Å². The Labute approximate surface area is 81.7 Å². The van der Waals surface area contributed by atoms with Crippen molar-refractivity contribution in [3.8, 4) is 0 Å². The van der Waals surface area contributed by atoms with Crippen LogP contribution in [0.25, 0.3) is 0 Å². The van der Waals surface area contributed by atoms with Gasteiger partial charge in [0.1, 0.15) is 0 Å². The van der Waals surface area contributed by atoms with Gasteiger partial charge in [-0.05, 0) is 44.4 Å². The van der Waals surface area contributed by atoms with Crippen molar-refractivity contribution in [1.82, 2.24) is 0 Å². The molecule has 0 heteroatoms. The molecule has 2 unspecified atom stereocenters. The van der Waals surface area contributed by atoms with Crippen molar-refractivity contribution in [1.29, 1.82) is 0 Å². The van der Waals surface area contributed by atoms with Crippen LogP contribution < -0.4 is 0 Å². The first-order valence-corrected chi connectivity index (χ1v) is 5.60. The van der Waals surface area contributed by atoms with Crippen LogP contribution in [0.2, 0.25) is 0 Å². The maximum absolute atomic E-state index is 4.14. The number of hydrogen-bond donors (Lipinski definition) is 0. The van der Waals surface area contributed by atoms with E-state index in [2.05, 4.69) is 19.6 Å². The van der Waals surface area contributed by atoms with E-state index in [1.165, 1.54) is 44.1 Å². The third kappa shape index (κ3) is 2.04. The van der Waals surface area contributed by atoms with E-state index in [0.29, 0.717) is 0 Å². The van der Waals surface area contributed by atoms with Gasteiger partial charge >= 0.3 is 0 Å². The van der Waals surface area contributed by atoms with E-state index in [4.69, 9.17) is 0 Å². The van der Waals surface area contributed by atoms with E-state index in [-0.39, 0.29) is 0 Å². The molecule has 1 saturated carbocycles. The first-order chi connectivity index (χ1) is 6.25. The fourth-order valence-electron chi connectivity index (χ4n) is 3.04. The van der Waals surface area contributed by atoms with Crippen LogP contribution in [0.15, 0.2) is 23.8 Å². The molecule has 0 N–H and O–H groups in total. The summed E-state index contributed by atoms with van der Waals surface area (Å²) in [5.74, 6) is 1.93. The van der Waals surface area contributed by atoms with Crippen LogP contribution in [-0.4, -0.2) is 0 Å². The quantitative estimate of drug-likeness (QED) is 0.521. The Morgan fingerprint density at radius 2 is 1.77 bits per heavy atom. The second kappa shape index (κ2) is 3.69. The van der Waals surface area contributed by atoms with Crippen LogP contribution in [0, 0.1) is 11.8 Å². The summed E-state index contributed by atoms with van der Waals surface area (Å²) >= 11 is 0. The van der Waals surface area contributed by atoms with Gasteiger partial charge in [0.2, 0.25) is 0 Å². The predicted octanol–water partition coefficient (Wildman–Crippen LogP) is 4.09. The number of allylic oxidation sites excluding steroid dienone is 3. The molecule has 0 radical (unpaired) electrons. The lowest BCUT2D eigenvalue weighted by molar-refractivity contribution is 0.238. The Bertz CT molecular complexity index is 234. The second-order valence-corrected chi connectivity index (χ2v) is 4.86. The fraction of sp³-hybridized carbons (Fsp3) is 0.692. The maximum Gasteiger partial charge on any atom is -0.0254 e. The summed E-state index contributed by atoms with van der Waals surface area (Å²) in [4.78, 5) is 0. The Kier molecular flexibility index (Phi) is 2.57. The molecule has 13 heavy (non-hydrogen) atoms. The summed E-state index contributed by atoms with van der Waals surface area (Å²) in [6.45, 7) is 6.41. The van der Waals surface area contributed by atoms with E-state index in [9.17, 15) is 0 Å². The van der Waals surface area contributed by atoms with Crippen LogP contribution in [0.4, 0.5) is 0 Å². The molecule has 2 rings (SSSR count). The SMILES string of the molecule is C=C1C=C(C)CC2CCCCC2C1. The van der Waals surface area contributed by atoms with E-state index in [1.807, 2.05) is 0 Å². The van der Waals surface area contributed by atoms with Crippen LogP contribution in [0.1, 0.15) is 45.4 Å². The zero-order valence-corrected chi connectivity index (χ0v) is 8.68. The highest BCUT2D eigenvalue weighted by Gasteiger charge is 2.26. The van der Waals surface area contributed by atoms with Crippen LogP contribution >= 0.6 is 0 Å². The normalized spacial score (nSPS) is 34.8. The molecule has 0 amide bonds. The third-order valence-electron chi connectivity index (χ3n) is 3.63. The summed E-state index contributed by atoms with van der Waals surface area (Å²) in [5.41, 5.74) is 2.92. The molecule has 2 atom stereocenters. The van der Waals surface area contributed by atoms with Crippen molar-refractivity contribution in [3.05, 3.63) is 23.8 Å². The minimum Gasteiger partial charge on any atom is -0.0958 e. The zero-order valence-electron chi connectivity index (χ0n) is 8.68. The topological polar surface area (TPSA) is 0 Å². The first-order valence-electron chi connectivity index (χ1n) is 5.60. The average molecular weight is 176 g/mol. The van der Waals surface area contributed by atoms with Crippen molar-refractivity contribution < 1.29 is 0 Å². The molecule has 0 bridgehead atoms. The summed E-state index contributed by atoms with van der Waals surface area (Å²) in [6.07, 6.45) is 10.7. The van der Waals surface area contributed by atoms with Gasteiger partial charge in [-0.25, -0.2) is 0 Å². The highest BCUT2D eigenvalue weighted by Crippen LogP contribution is 2.40. The summed E-state index contributed by atoms with van der Waals surface area (Å²) in [6, 6.07) is 0. The Balaban J connectivity index is 2.12. The monoisotopic (exact) mass is 176 g/mol. The molecule has 0 heterocycles. The molecule has 0 aromatic carbocycles. The van der Waals surface area contributed by atoms with Crippen molar-refractivity contribution in [2.45, 2.75) is 45.4 Å². The smallest absolute Gasteiger partial charge is 0.0254 e. The highest BCUT2D eigenvalue weighted by molar-refractivity contribution is 5.23. The fourth-order valence-corrected chi connectivity index (χ4v) is 3.04. The maximum atomic E-state index is 4.14. The van der Waals surface area contributed by atoms with Crippen LogP contribution in [0.5, 0.6) is 0 Å². The zero-order chi connectivity index (χ0) is 9.26. The molecule has 0 aromatic heterocycles. The van der Waals surface area contributed by atoms with Gasteiger partial charge in [-0.3, -0.25) is 0 Å². The van der Waals surface area contributed by atoms with Crippen molar-refractivity contribution in [2.24, 2.45) is 11.8 Å². The standard InChI is InChI=1S/C13H20/c1-10-7-11(2)9-13-6-4-3-5-12(13)8-10/h7,12-13H,1,3-6,8-9H2,2H3. The van der Waals surface area contributed by atoms with Crippen LogP contribution in [0.3, 0.4) is 0 Å². The highest BCUT2D eigenvalue weighted by atomic mass is 14.3. The molecule has 0 saturated heterocycles. The molecular weight excluding hydrogens is 156 g/mol. The molecule has 1 fully saturated rings. The van der Waals surface area contributed by atoms with Gasteiger partial charge < -0.3 is 0 Å². The average Bonchev–Trinajstić information content (AvgIpc) is 2.20. The molecular formula is C13H20. The lowest BCUT2D eigenvalue weighted by Gasteiger charge is -2.30. The van der Waals surface area contributed by atoms with Gasteiger partial charge in [0, 0.05) is 0 Å². The van der Waals surface area contributed by atoms with Crippen molar-refractivity contribution in [2.75, 3.05) is 0 Å². The van der Waals surface area contributed by atoms with E-state index in [0.717, 1.165) is 11.8 Å². The Morgan fingerprint density at radius 1 is 1.15 bits per heavy atom. The first kappa shape index (κ1) is 9.05. The molecule has 0 aliphatic heterocycles. The van der Waals surface area contributed by atoms with Crippen molar-refractivity contribution in [3.63, 3.8) is 0 Å². The van der Waals surface area contributed by atoms with Gasteiger partial charge in [-0.15, -0.1) is 0 Å². The minimum absolute atomic E-state index is 0.954. The number of fused-ring (bicyclic) bond motifs is 1.